The Morgan fingerprint density at radius 1 is 1.22 bits per heavy atom. The van der Waals surface area contributed by atoms with Crippen LogP contribution >= 0.6 is 0 Å². The molecule has 3 aliphatic rings. The van der Waals surface area contributed by atoms with Gasteiger partial charge in [0.15, 0.2) is 5.78 Å². The molecule has 1 saturated heterocycles. The van der Waals surface area contributed by atoms with Gasteiger partial charge in [-0.1, -0.05) is 26.3 Å². The smallest absolute Gasteiger partial charge is 0.271 e. The Morgan fingerprint density at radius 2 is 2.03 bits per heavy atom. The van der Waals surface area contributed by atoms with Gasteiger partial charge in [-0.3, -0.25) is 19.2 Å². The predicted octanol–water partition coefficient (Wildman–Crippen LogP) is 3.89. The molecule has 2 heterocycles. The Hall–Kier alpha value is -3.16. The molecule has 0 radical (unpaired) electrons. The van der Waals surface area contributed by atoms with Crippen LogP contribution in [-0.4, -0.2) is 59.0 Å². The number of hydrogen-bond donors (Lipinski definition) is 2. The first kappa shape index (κ1) is 25.5. The SMILES string of the molecule is CCC(=O)[C@H](C[C@H]1C(=O)CC[C@@H]1C)NC(=O)[C@@H]1[C@H]2CCC[C@H]2CN1C(=O)c1cc2c(OC)cccc2[nH]1. The number of ether oxygens (including phenoxy) is 1. The molecule has 5 rings (SSSR count). The van der Waals surface area contributed by atoms with Crippen molar-refractivity contribution in [1.29, 1.82) is 0 Å². The number of aromatic amines is 1. The average Bonchev–Trinajstić information content (AvgIpc) is 3.67. The fraction of sp³-hybridized carbons (Fsp3) is 0.586. The molecule has 1 aliphatic heterocycles. The number of fused-ring (bicyclic) bond motifs is 2. The summed E-state index contributed by atoms with van der Waals surface area (Å²) in [5.41, 5.74) is 1.22. The van der Waals surface area contributed by atoms with Crippen LogP contribution in [0.5, 0.6) is 5.75 Å². The molecule has 8 nitrogen and oxygen atoms in total. The van der Waals surface area contributed by atoms with Crippen molar-refractivity contribution in [3.63, 3.8) is 0 Å². The van der Waals surface area contributed by atoms with Crippen molar-refractivity contribution >= 4 is 34.3 Å². The Kier molecular flexibility index (Phi) is 7.10. The fourth-order valence-electron chi connectivity index (χ4n) is 6.89. The van der Waals surface area contributed by atoms with Crippen molar-refractivity contribution in [1.82, 2.24) is 15.2 Å². The molecule has 2 aliphatic carbocycles. The van der Waals surface area contributed by atoms with Gasteiger partial charge in [0.25, 0.3) is 5.91 Å². The minimum absolute atomic E-state index is 0.0678. The van der Waals surface area contributed by atoms with E-state index in [2.05, 4.69) is 10.3 Å². The Labute approximate surface area is 217 Å². The topological polar surface area (TPSA) is 109 Å². The summed E-state index contributed by atoms with van der Waals surface area (Å²) in [4.78, 5) is 57.8. The zero-order valence-electron chi connectivity index (χ0n) is 21.9. The molecule has 6 atom stereocenters. The number of hydrogen-bond acceptors (Lipinski definition) is 5. The molecular formula is C29H37N3O5. The zero-order valence-corrected chi connectivity index (χ0v) is 21.9. The van der Waals surface area contributed by atoms with Crippen LogP contribution in [0, 0.1) is 23.7 Å². The van der Waals surface area contributed by atoms with Gasteiger partial charge in [-0.05, 0) is 61.6 Å². The van der Waals surface area contributed by atoms with E-state index in [-0.39, 0.29) is 53.5 Å². The average molecular weight is 508 g/mol. The van der Waals surface area contributed by atoms with Crippen LogP contribution in [0.15, 0.2) is 24.3 Å². The Morgan fingerprint density at radius 3 is 2.73 bits per heavy atom. The number of Topliss-reactive ketones (excluding diaryl/α,β-unsaturated/α-hetero) is 2. The van der Waals surface area contributed by atoms with E-state index in [1.54, 1.807) is 25.0 Å². The summed E-state index contributed by atoms with van der Waals surface area (Å²) >= 11 is 0. The highest BCUT2D eigenvalue weighted by atomic mass is 16.5. The molecule has 3 fully saturated rings. The van der Waals surface area contributed by atoms with Gasteiger partial charge in [-0.2, -0.15) is 0 Å². The summed E-state index contributed by atoms with van der Waals surface area (Å²) in [7, 11) is 1.60. The van der Waals surface area contributed by atoms with Gasteiger partial charge in [0, 0.05) is 36.2 Å². The molecule has 8 heteroatoms. The maximum Gasteiger partial charge on any atom is 0.271 e. The van der Waals surface area contributed by atoms with E-state index in [1.165, 1.54) is 0 Å². The number of carbonyl (C=O) groups is 4. The number of rotatable bonds is 8. The summed E-state index contributed by atoms with van der Waals surface area (Å²) in [6, 6.07) is 6.06. The quantitative estimate of drug-likeness (QED) is 0.564. The van der Waals surface area contributed by atoms with Gasteiger partial charge in [-0.15, -0.1) is 0 Å². The summed E-state index contributed by atoms with van der Waals surface area (Å²) in [5.74, 6) is 0.647. The van der Waals surface area contributed by atoms with E-state index in [4.69, 9.17) is 4.74 Å². The lowest BCUT2D eigenvalue weighted by Crippen LogP contribution is -2.53. The molecule has 1 aromatic carbocycles. The van der Waals surface area contributed by atoms with Crippen LogP contribution < -0.4 is 10.1 Å². The van der Waals surface area contributed by atoms with E-state index in [0.717, 1.165) is 36.6 Å². The van der Waals surface area contributed by atoms with Crippen LogP contribution in [0.2, 0.25) is 0 Å². The van der Waals surface area contributed by atoms with E-state index >= 15 is 0 Å². The van der Waals surface area contributed by atoms with Gasteiger partial charge in [0.2, 0.25) is 5.91 Å². The van der Waals surface area contributed by atoms with E-state index in [0.29, 0.717) is 30.8 Å². The Balaban J connectivity index is 1.40. The first-order valence-electron chi connectivity index (χ1n) is 13.6. The first-order chi connectivity index (χ1) is 17.8. The second kappa shape index (κ2) is 10.3. The maximum atomic E-state index is 13.8. The molecule has 2 aromatic rings. The third-order valence-corrected chi connectivity index (χ3v) is 8.98. The van der Waals surface area contributed by atoms with Gasteiger partial charge in [0.1, 0.15) is 23.3 Å². The van der Waals surface area contributed by atoms with E-state index in [1.807, 2.05) is 25.1 Å². The van der Waals surface area contributed by atoms with Crippen LogP contribution in [0.4, 0.5) is 0 Å². The third kappa shape index (κ3) is 4.66. The molecule has 198 valence electrons. The first-order valence-corrected chi connectivity index (χ1v) is 13.6. The fourth-order valence-corrected chi connectivity index (χ4v) is 6.89. The highest BCUT2D eigenvalue weighted by Crippen LogP contribution is 2.43. The van der Waals surface area contributed by atoms with Gasteiger partial charge >= 0.3 is 0 Å². The minimum atomic E-state index is -0.707. The number of methoxy groups -OCH3 is 1. The van der Waals surface area contributed by atoms with Crippen molar-refractivity contribution in [3.05, 3.63) is 30.0 Å². The molecule has 2 N–H and O–H groups in total. The number of likely N-dealkylation sites (tertiary alicyclic amines) is 1. The van der Waals surface area contributed by atoms with Crippen molar-refractivity contribution in [2.75, 3.05) is 13.7 Å². The molecule has 37 heavy (non-hydrogen) atoms. The summed E-state index contributed by atoms with van der Waals surface area (Å²) in [6.07, 6.45) is 4.91. The minimum Gasteiger partial charge on any atom is -0.496 e. The standard InChI is InChI=1S/C29H37N3O5/c1-4-24(33)22(13-19-16(2)11-12-25(19)34)31-28(35)27-18-8-5-7-17(18)15-32(27)29(36)23-14-20-21(30-23)9-6-10-26(20)37-3/h6,9-10,14,16-19,22,27,30H,4-5,7-8,11-13,15H2,1-3H3,(H,31,35)/t16-,17-,18-,19+,22-,27-/m0/s1. The summed E-state index contributed by atoms with van der Waals surface area (Å²) in [6.45, 7) is 4.35. The maximum absolute atomic E-state index is 13.8. The van der Waals surface area contributed by atoms with Gasteiger partial charge in [-0.25, -0.2) is 0 Å². The number of nitrogens with zero attached hydrogens (tertiary/aromatic N) is 1. The number of aromatic nitrogens is 1. The van der Waals surface area contributed by atoms with E-state index in [9.17, 15) is 19.2 Å². The molecule has 0 bridgehead atoms. The number of H-pyrrole nitrogens is 1. The van der Waals surface area contributed by atoms with Crippen molar-refractivity contribution in [2.24, 2.45) is 23.7 Å². The molecule has 0 spiro atoms. The highest BCUT2D eigenvalue weighted by molar-refractivity contribution is 6.02. The number of nitrogens with one attached hydrogen (secondary N) is 2. The molecule has 2 saturated carbocycles. The predicted molar refractivity (Wildman–Crippen MR) is 139 cm³/mol. The Bertz CT molecular complexity index is 1220. The van der Waals surface area contributed by atoms with E-state index < -0.39 is 12.1 Å². The molecule has 2 amide bonds. The lowest BCUT2D eigenvalue weighted by Gasteiger charge is -2.29. The summed E-state index contributed by atoms with van der Waals surface area (Å²) in [5, 5.41) is 3.82. The second-order valence-corrected chi connectivity index (χ2v) is 11.1. The van der Waals surface area contributed by atoms with Crippen LogP contribution in [-0.2, 0) is 14.4 Å². The van der Waals surface area contributed by atoms with Crippen molar-refractivity contribution in [3.8, 4) is 5.75 Å². The van der Waals surface area contributed by atoms with Crippen LogP contribution in [0.1, 0.15) is 69.3 Å². The zero-order chi connectivity index (χ0) is 26.3. The van der Waals surface area contributed by atoms with Gasteiger partial charge < -0.3 is 19.9 Å². The second-order valence-electron chi connectivity index (χ2n) is 11.1. The third-order valence-electron chi connectivity index (χ3n) is 8.98. The van der Waals surface area contributed by atoms with Crippen LogP contribution in [0.25, 0.3) is 10.9 Å². The van der Waals surface area contributed by atoms with Crippen molar-refractivity contribution < 1.29 is 23.9 Å². The molecule has 0 unspecified atom stereocenters. The lowest BCUT2D eigenvalue weighted by atomic mass is 9.87. The molecular weight excluding hydrogens is 470 g/mol. The monoisotopic (exact) mass is 507 g/mol. The van der Waals surface area contributed by atoms with Crippen molar-refractivity contribution in [2.45, 2.75) is 70.9 Å². The van der Waals surface area contributed by atoms with Crippen LogP contribution in [0.3, 0.4) is 0 Å². The highest BCUT2D eigenvalue weighted by Gasteiger charge is 2.50. The number of benzene rings is 1. The summed E-state index contributed by atoms with van der Waals surface area (Å²) < 4.78 is 5.45. The largest absolute Gasteiger partial charge is 0.496 e. The normalized spacial score (nSPS) is 27.9. The number of carbonyl (C=O) groups excluding carboxylic acids is 4. The number of amides is 2. The molecule has 1 aromatic heterocycles. The van der Waals surface area contributed by atoms with Gasteiger partial charge in [0.05, 0.1) is 13.2 Å². The lowest BCUT2D eigenvalue weighted by molar-refractivity contribution is -0.132. The number of ketones is 2.